The molecule has 0 saturated carbocycles. The highest BCUT2D eigenvalue weighted by molar-refractivity contribution is 7.12. The lowest BCUT2D eigenvalue weighted by molar-refractivity contribution is 0.224. The molecule has 1 atom stereocenters. The van der Waals surface area contributed by atoms with Gasteiger partial charge in [0.15, 0.2) is 0 Å². The molecule has 0 aliphatic rings. The highest BCUT2D eigenvalue weighted by Crippen LogP contribution is 2.29. The van der Waals surface area contributed by atoms with Gasteiger partial charge < -0.3 is 5.11 Å². The molecule has 3 heteroatoms. The molecule has 0 bridgehead atoms. The van der Waals surface area contributed by atoms with Gasteiger partial charge in [-0.1, -0.05) is 30.7 Å². The number of aliphatic hydroxyl groups is 1. The van der Waals surface area contributed by atoms with Crippen LogP contribution in [0.3, 0.4) is 0 Å². The smallest absolute Gasteiger partial charge is 0.113 e. The third-order valence-electron chi connectivity index (χ3n) is 2.46. The van der Waals surface area contributed by atoms with E-state index < -0.39 is 6.10 Å². The second-order valence-electron chi connectivity index (χ2n) is 3.62. The number of aryl methyl sites for hydroxylation is 1. The normalized spacial score (nSPS) is 12.7. The van der Waals surface area contributed by atoms with E-state index in [1.807, 2.05) is 24.3 Å². The summed E-state index contributed by atoms with van der Waals surface area (Å²) in [6, 6.07) is 11.4. The van der Waals surface area contributed by atoms with E-state index in [0.717, 1.165) is 16.9 Å². The maximum Gasteiger partial charge on any atom is 0.113 e. The average molecular weight is 253 g/mol. The van der Waals surface area contributed by atoms with E-state index in [4.69, 9.17) is 11.6 Å². The molecule has 2 rings (SSSR count). The summed E-state index contributed by atoms with van der Waals surface area (Å²) < 4.78 is 0. The number of halogens is 1. The molecular formula is C13H13ClOS. The second-order valence-corrected chi connectivity index (χ2v) is 5.25. The van der Waals surface area contributed by atoms with Gasteiger partial charge in [0, 0.05) is 14.8 Å². The summed E-state index contributed by atoms with van der Waals surface area (Å²) in [5.41, 5.74) is 0.844. The van der Waals surface area contributed by atoms with Crippen molar-refractivity contribution in [3.63, 3.8) is 0 Å². The van der Waals surface area contributed by atoms with Crippen molar-refractivity contribution in [2.75, 3.05) is 0 Å². The molecular weight excluding hydrogens is 240 g/mol. The molecule has 1 unspecified atom stereocenters. The fourth-order valence-electron chi connectivity index (χ4n) is 1.57. The van der Waals surface area contributed by atoms with Crippen molar-refractivity contribution in [3.05, 3.63) is 56.7 Å². The summed E-state index contributed by atoms with van der Waals surface area (Å²) in [7, 11) is 0. The Bertz CT molecular complexity index is 478. The Morgan fingerprint density at radius 3 is 2.75 bits per heavy atom. The van der Waals surface area contributed by atoms with E-state index in [0.29, 0.717) is 5.02 Å². The first-order chi connectivity index (χ1) is 7.70. The average Bonchev–Trinajstić information content (AvgIpc) is 2.76. The fourth-order valence-corrected chi connectivity index (χ4v) is 2.74. The molecule has 84 valence electrons. The van der Waals surface area contributed by atoms with Gasteiger partial charge in [0.2, 0.25) is 0 Å². The van der Waals surface area contributed by atoms with Gasteiger partial charge in [0.25, 0.3) is 0 Å². The maximum absolute atomic E-state index is 10.2. The Hall–Kier alpha value is -0.830. The van der Waals surface area contributed by atoms with E-state index in [1.165, 1.54) is 4.88 Å². The summed E-state index contributed by atoms with van der Waals surface area (Å²) in [6.07, 6.45) is 0.441. The molecule has 1 N–H and O–H groups in total. The number of hydrogen-bond donors (Lipinski definition) is 1. The van der Waals surface area contributed by atoms with Crippen LogP contribution in [0.1, 0.15) is 28.3 Å². The fraction of sp³-hybridized carbons (Fsp3) is 0.231. The Labute approximate surface area is 104 Å². The van der Waals surface area contributed by atoms with Crippen molar-refractivity contribution in [2.24, 2.45) is 0 Å². The summed E-state index contributed by atoms with van der Waals surface area (Å²) in [5, 5.41) is 10.8. The Morgan fingerprint density at radius 1 is 1.31 bits per heavy atom. The molecule has 1 heterocycles. The number of thiophene rings is 1. The van der Waals surface area contributed by atoms with Gasteiger partial charge in [-0.25, -0.2) is 0 Å². The first-order valence-corrected chi connectivity index (χ1v) is 6.42. The number of benzene rings is 1. The quantitative estimate of drug-likeness (QED) is 0.874. The molecule has 0 aliphatic carbocycles. The maximum atomic E-state index is 10.2. The van der Waals surface area contributed by atoms with Crippen molar-refractivity contribution in [3.8, 4) is 0 Å². The lowest BCUT2D eigenvalue weighted by Gasteiger charge is -2.08. The van der Waals surface area contributed by atoms with Crippen LogP contribution in [0.15, 0.2) is 36.4 Å². The molecule has 0 fully saturated rings. The van der Waals surface area contributed by atoms with Crippen LogP contribution < -0.4 is 0 Å². The summed E-state index contributed by atoms with van der Waals surface area (Å²) >= 11 is 7.55. The van der Waals surface area contributed by atoms with E-state index in [-0.39, 0.29) is 0 Å². The summed E-state index contributed by atoms with van der Waals surface area (Å²) in [4.78, 5) is 2.26. The second kappa shape index (κ2) is 5.00. The number of aliphatic hydroxyl groups excluding tert-OH is 1. The highest BCUT2D eigenvalue weighted by Gasteiger charge is 2.12. The van der Waals surface area contributed by atoms with Crippen molar-refractivity contribution < 1.29 is 5.11 Å². The van der Waals surface area contributed by atoms with Crippen molar-refractivity contribution in [1.29, 1.82) is 0 Å². The standard InChI is InChI=1S/C13H13ClOS/c1-2-11-6-7-12(16-11)13(15)9-4-3-5-10(14)8-9/h3-8,13,15H,2H2,1H3. The zero-order chi connectivity index (χ0) is 11.5. The van der Waals surface area contributed by atoms with Crippen molar-refractivity contribution >= 4 is 22.9 Å². The lowest BCUT2D eigenvalue weighted by Crippen LogP contribution is -1.96. The van der Waals surface area contributed by atoms with Crippen LogP contribution in [0, 0.1) is 0 Å². The van der Waals surface area contributed by atoms with Gasteiger partial charge in [-0.15, -0.1) is 11.3 Å². The predicted octanol–water partition coefficient (Wildman–Crippen LogP) is 4.05. The van der Waals surface area contributed by atoms with E-state index in [2.05, 4.69) is 13.0 Å². The molecule has 16 heavy (non-hydrogen) atoms. The minimum absolute atomic E-state index is 0.566. The van der Waals surface area contributed by atoms with Gasteiger partial charge in [0.05, 0.1) is 0 Å². The molecule has 0 aliphatic heterocycles. The van der Waals surface area contributed by atoms with Gasteiger partial charge in [0.1, 0.15) is 6.10 Å². The van der Waals surface area contributed by atoms with Crippen molar-refractivity contribution in [1.82, 2.24) is 0 Å². The van der Waals surface area contributed by atoms with Crippen LogP contribution in [-0.4, -0.2) is 5.11 Å². The zero-order valence-corrected chi connectivity index (χ0v) is 10.6. The zero-order valence-electron chi connectivity index (χ0n) is 8.98. The topological polar surface area (TPSA) is 20.2 Å². The van der Waals surface area contributed by atoms with Crippen molar-refractivity contribution in [2.45, 2.75) is 19.4 Å². The third-order valence-corrected chi connectivity index (χ3v) is 3.98. The summed E-state index contributed by atoms with van der Waals surface area (Å²) in [6.45, 7) is 2.11. The van der Waals surface area contributed by atoms with Crippen LogP contribution in [0.2, 0.25) is 5.02 Å². The Balaban J connectivity index is 2.27. The van der Waals surface area contributed by atoms with Gasteiger partial charge in [-0.2, -0.15) is 0 Å². The molecule has 0 radical (unpaired) electrons. The molecule has 0 saturated heterocycles. The van der Waals surface area contributed by atoms with E-state index in [9.17, 15) is 5.11 Å². The first kappa shape index (κ1) is 11.6. The Morgan fingerprint density at radius 2 is 2.12 bits per heavy atom. The van der Waals surface area contributed by atoms with Crippen LogP contribution in [0.25, 0.3) is 0 Å². The third kappa shape index (κ3) is 2.46. The molecule has 2 aromatic rings. The minimum atomic E-state index is -0.566. The molecule has 1 aromatic heterocycles. The van der Waals surface area contributed by atoms with Crippen LogP contribution in [-0.2, 0) is 6.42 Å². The molecule has 0 spiro atoms. The van der Waals surface area contributed by atoms with Gasteiger partial charge >= 0.3 is 0 Å². The van der Waals surface area contributed by atoms with Gasteiger partial charge in [-0.3, -0.25) is 0 Å². The number of rotatable bonds is 3. The van der Waals surface area contributed by atoms with Crippen LogP contribution in [0.4, 0.5) is 0 Å². The largest absolute Gasteiger partial charge is 0.383 e. The van der Waals surface area contributed by atoms with E-state index >= 15 is 0 Å². The van der Waals surface area contributed by atoms with E-state index in [1.54, 1.807) is 17.4 Å². The van der Waals surface area contributed by atoms with Crippen LogP contribution in [0.5, 0.6) is 0 Å². The predicted molar refractivity (Wildman–Crippen MR) is 69.2 cm³/mol. The summed E-state index contributed by atoms with van der Waals surface area (Å²) in [5.74, 6) is 0. The monoisotopic (exact) mass is 252 g/mol. The minimum Gasteiger partial charge on any atom is -0.383 e. The molecule has 1 nitrogen and oxygen atoms in total. The van der Waals surface area contributed by atoms with Gasteiger partial charge in [-0.05, 0) is 36.2 Å². The highest BCUT2D eigenvalue weighted by atomic mass is 35.5. The lowest BCUT2D eigenvalue weighted by atomic mass is 10.1. The molecule has 1 aromatic carbocycles. The van der Waals surface area contributed by atoms with Crippen LogP contribution >= 0.6 is 22.9 Å². The number of hydrogen-bond acceptors (Lipinski definition) is 2. The SMILES string of the molecule is CCc1ccc(C(O)c2cccc(Cl)c2)s1. The first-order valence-electron chi connectivity index (χ1n) is 5.23. The molecule has 0 amide bonds. The Kier molecular flexibility index (Phi) is 3.64.